The lowest BCUT2D eigenvalue weighted by Crippen LogP contribution is -2.43. The number of nitrogens with one attached hydrogen (secondary N) is 1. The fourth-order valence-corrected chi connectivity index (χ4v) is 6.06. The zero-order valence-corrected chi connectivity index (χ0v) is 13.5. The van der Waals surface area contributed by atoms with E-state index in [1.54, 1.807) is 0 Å². The topological polar surface area (TPSA) is 63.2 Å². The average molecular weight is 325 g/mol. The molecule has 2 atom stereocenters. The lowest BCUT2D eigenvalue weighted by molar-refractivity contribution is -0.128. The maximum absolute atomic E-state index is 12.9. The van der Waals surface area contributed by atoms with Crippen molar-refractivity contribution in [2.45, 2.75) is 33.1 Å². The van der Waals surface area contributed by atoms with Crippen LogP contribution < -0.4 is 4.72 Å². The molecule has 0 radical (unpaired) electrons. The number of carbonyl (C=O) groups is 1. The molecule has 0 spiro atoms. The van der Waals surface area contributed by atoms with E-state index in [1.807, 2.05) is 13.8 Å². The number of ketones is 1. The van der Waals surface area contributed by atoms with Crippen LogP contribution in [0.25, 0.3) is 0 Å². The number of sulfonamides is 1. The molecule has 0 saturated heterocycles. The Balaban J connectivity index is 1.85. The van der Waals surface area contributed by atoms with Crippen LogP contribution in [0.5, 0.6) is 0 Å². The first-order chi connectivity index (χ1) is 10.2. The fraction of sp³-hybridized carbons (Fsp3) is 0.562. The highest BCUT2D eigenvalue weighted by atomic mass is 32.2. The molecule has 0 heterocycles. The Hall–Kier alpha value is -1.43. The summed E-state index contributed by atoms with van der Waals surface area (Å²) in [5.41, 5.74) is -0.763. The molecule has 0 aliphatic heterocycles. The molecular weight excluding hydrogens is 305 g/mol. The number of carbonyl (C=O) groups excluding carboxylic acids is 1. The van der Waals surface area contributed by atoms with E-state index in [0.717, 1.165) is 6.42 Å². The van der Waals surface area contributed by atoms with Crippen LogP contribution in [0.4, 0.5) is 10.1 Å². The quantitative estimate of drug-likeness (QED) is 0.925. The Morgan fingerprint density at radius 3 is 2.41 bits per heavy atom. The lowest BCUT2D eigenvalue weighted by Gasteiger charge is -2.36. The number of Topliss-reactive ketones (excluding diaryl/α,β-unsaturated/α-hetero) is 1. The van der Waals surface area contributed by atoms with Crippen molar-refractivity contribution in [1.82, 2.24) is 0 Å². The van der Waals surface area contributed by atoms with Crippen LogP contribution in [0.1, 0.15) is 33.1 Å². The van der Waals surface area contributed by atoms with Crippen molar-refractivity contribution in [2.75, 3.05) is 10.5 Å². The normalized spacial score (nSPS) is 29.8. The third-order valence-corrected chi connectivity index (χ3v) is 7.11. The number of hydrogen-bond acceptors (Lipinski definition) is 3. The molecule has 120 valence electrons. The van der Waals surface area contributed by atoms with Gasteiger partial charge in [-0.05, 0) is 48.4 Å². The predicted octanol–water partition coefficient (Wildman–Crippen LogP) is 2.96. The van der Waals surface area contributed by atoms with Gasteiger partial charge in [0.05, 0.1) is 11.2 Å². The molecule has 1 aromatic carbocycles. The van der Waals surface area contributed by atoms with Crippen LogP contribution in [-0.2, 0) is 14.8 Å². The molecule has 2 bridgehead atoms. The number of hydrogen-bond donors (Lipinski definition) is 1. The average Bonchev–Trinajstić information content (AvgIpc) is 2.74. The summed E-state index contributed by atoms with van der Waals surface area (Å²) in [6.07, 6.45) is 2.03. The summed E-state index contributed by atoms with van der Waals surface area (Å²) in [6, 6.07) is 5.16. The van der Waals surface area contributed by atoms with Gasteiger partial charge in [-0.25, -0.2) is 12.8 Å². The van der Waals surface area contributed by atoms with E-state index in [9.17, 15) is 17.6 Å². The first kappa shape index (κ1) is 15.5. The van der Waals surface area contributed by atoms with E-state index in [0.29, 0.717) is 18.5 Å². The summed E-state index contributed by atoms with van der Waals surface area (Å²) in [4.78, 5) is 12.4. The minimum atomic E-state index is -3.67. The summed E-state index contributed by atoms with van der Waals surface area (Å²) < 4.78 is 40.4. The molecule has 2 saturated carbocycles. The maximum Gasteiger partial charge on any atom is 0.233 e. The van der Waals surface area contributed by atoms with Crippen molar-refractivity contribution >= 4 is 21.5 Å². The molecule has 1 N–H and O–H groups in total. The highest BCUT2D eigenvalue weighted by Gasteiger charge is 2.65. The minimum Gasteiger partial charge on any atom is -0.299 e. The summed E-state index contributed by atoms with van der Waals surface area (Å²) in [6.45, 7) is 4.01. The molecule has 0 aromatic heterocycles. The van der Waals surface area contributed by atoms with Gasteiger partial charge < -0.3 is 0 Å². The molecule has 6 heteroatoms. The molecule has 0 unspecified atom stereocenters. The van der Waals surface area contributed by atoms with Crippen LogP contribution in [0.3, 0.4) is 0 Å². The van der Waals surface area contributed by atoms with Crippen molar-refractivity contribution in [3.63, 3.8) is 0 Å². The second-order valence-corrected chi connectivity index (χ2v) is 8.76. The van der Waals surface area contributed by atoms with E-state index < -0.39 is 21.3 Å². The largest absolute Gasteiger partial charge is 0.299 e. The number of anilines is 1. The smallest absolute Gasteiger partial charge is 0.233 e. The number of benzene rings is 1. The van der Waals surface area contributed by atoms with Crippen molar-refractivity contribution in [3.05, 3.63) is 30.1 Å². The van der Waals surface area contributed by atoms with Crippen LogP contribution in [0, 0.1) is 22.6 Å². The van der Waals surface area contributed by atoms with Crippen LogP contribution in [0.2, 0.25) is 0 Å². The Kier molecular flexibility index (Phi) is 3.36. The van der Waals surface area contributed by atoms with Crippen LogP contribution >= 0.6 is 0 Å². The SMILES string of the molecule is CC1(C)[C@@H]2CC[C@]1(CS(=O)(=O)Nc1ccc(F)cc1)C(=O)C2. The fourth-order valence-electron chi connectivity index (χ4n) is 4.17. The molecule has 4 nitrogen and oxygen atoms in total. The first-order valence-corrected chi connectivity index (χ1v) is 9.11. The lowest BCUT2D eigenvalue weighted by atomic mass is 9.70. The molecule has 2 fully saturated rings. The molecule has 22 heavy (non-hydrogen) atoms. The summed E-state index contributed by atoms with van der Waals surface area (Å²) in [5, 5.41) is 0. The van der Waals surface area contributed by atoms with E-state index in [-0.39, 0.29) is 22.9 Å². The molecule has 3 rings (SSSR count). The predicted molar refractivity (Wildman–Crippen MR) is 82.4 cm³/mol. The zero-order valence-electron chi connectivity index (χ0n) is 12.7. The van der Waals surface area contributed by atoms with E-state index in [2.05, 4.69) is 4.72 Å². The highest BCUT2D eigenvalue weighted by molar-refractivity contribution is 7.92. The summed E-state index contributed by atoms with van der Waals surface area (Å²) in [7, 11) is -3.67. The van der Waals surface area contributed by atoms with Gasteiger partial charge in [-0.15, -0.1) is 0 Å². The standard InChI is InChI=1S/C16H20FNO3S/c1-15(2)11-7-8-16(15,14(19)9-11)10-22(20,21)18-13-5-3-12(17)4-6-13/h3-6,11,18H,7-10H2,1-2H3/t11-,16+/m1/s1. The van der Waals surface area contributed by atoms with Crippen molar-refractivity contribution in [3.8, 4) is 0 Å². The van der Waals surface area contributed by atoms with E-state index in [1.165, 1.54) is 24.3 Å². The third-order valence-electron chi connectivity index (χ3n) is 5.69. The first-order valence-electron chi connectivity index (χ1n) is 7.46. The zero-order chi connectivity index (χ0) is 16.2. The van der Waals surface area contributed by atoms with E-state index >= 15 is 0 Å². The second-order valence-electron chi connectivity index (χ2n) is 7.03. The third kappa shape index (κ3) is 2.24. The summed E-state index contributed by atoms with van der Waals surface area (Å²) in [5.74, 6) is -0.272. The Morgan fingerprint density at radius 1 is 1.27 bits per heavy atom. The van der Waals surface area contributed by atoms with E-state index in [4.69, 9.17) is 0 Å². The van der Waals surface area contributed by atoms with Gasteiger partial charge in [0.1, 0.15) is 11.6 Å². The van der Waals surface area contributed by atoms with Gasteiger partial charge >= 0.3 is 0 Å². The van der Waals surface area contributed by atoms with Gasteiger partial charge in [-0.2, -0.15) is 0 Å². The van der Waals surface area contributed by atoms with Crippen LogP contribution in [0.15, 0.2) is 24.3 Å². The molecule has 2 aliphatic rings. The molecular formula is C16H20FNO3S. The van der Waals surface area contributed by atoms with Gasteiger partial charge in [0, 0.05) is 12.1 Å². The second kappa shape index (κ2) is 4.78. The van der Waals surface area contributed by atoms with Gasteiger partial charge in [-0.1, -0.05) is 13.8 Å². The summed E-state index contributed by atoms with van der Waals surface area (Å²) >= 11 is 0. The number of fused-ring (bicyclic) bond motifs is 2. The van der Waals surface area contributed by atoms with Crippen molar-refractivity contribution in [1.29, 1.82) is 0 Å². The Labute approximate surface area is 130 Å². The van der Waals surface area contributed by atoms with Gasteiger partial charge in [0.25, 0.3) is 0 Å². The number of rotatable bonds is 4. The molecule has 2 aliphatic carbocycles. The maximum atomic E-state index is 12.9. The number of halogens is 1. The molecule has 1 aromatic rings. The van der Waals surface area contributed by atoms with Crippen LogP contribution in [-0.4, -0.2) is 20.0 Å². The highest BCUT2D eigenvalue weighted by Crippen LogP contribution is 2.64. The minimum absolute atomic E-state index is 0.0678. The monoisotopic (exact) mass is 325 g/mol. The van der Waals surface area contributed by atoms with Crippen molar-refractivity contribution in [2.24, 2.45) is 16.7 Å². The Morgan fingerprint density at radius 2 is 1.91 bits per heavy atom. The van der Waals surface area contributed by atoms with Gasteiger partial charge in [0.15, 0.2) is 0 Å². The van der Waals surface area contributed by atoms with Crippen molar-refractivity contribution < 1.29 is 17.6 Å². The van der Waals surface area contributed by atoms with Gasteiger partial charge in [0.2, 0.25) is 10.0 Å². The van der Waals surface area contributed by atoms with Gasteiger partial charge in [-0.3, -0.25) is 9.52 Å². The Bertz CT molecular complexity index is 711. The molecule has 0 amide bonds.